The van der Waals surface area contributed by atoms with Crippen molar-refractivity contribution in [3.05, 3.63) is 71.8 Å². The summed E-state index contributed by atoms with van der Waals surface area (Å²) in [5, 5.41) is 0. The van der Waals surface area contributed by atoms with Crippen LogP contribution in [0.15, 0.2) is 48.6 Å². The standard InChI is InChI=1S/C23H18F4O6/c1-11(2)22(29)31-10-9-17(28)32-15-7-5-13(18(24)20(15)26)14-6-8-16(21(27)19(14)25)33-23(30)12(3)4/h5-8H,1,3,9-10H2,2,4H3. The van der Waals surface area contributed by atoms with E-state index < -0.39 is 70.2 Å². The Morgan fingerprint density at radius 3 is 1.64 bits per heavy atom. The quantitative estimate of drug-likeness (QED) is 0.241. The van der Waals surface area contributed by atoms with Crippen LogP contribution >= 0.6 is 0 Å². The summed E-state index contributed by atoms with van der Waals surface area (Å²) in [5.41, 5.74) is -1.29. The number of esters is 3. The highest BCUT2D eigenvalue weighted by atomic mass is 19.2. The molecule has 33 heavy (non-hydrogen) atoms. The van der Waals surface area contributed by atoms with Gasteiger partial charge < -0.3 is 14.2 Å². The van der Waals surface area contributed by atoms with Gasteiger partial charge in [0.05, 0.1) is 6.42 Å². The molecule has 0 atom stereocenters. The van der Waals surface area contributed by atoms with Crippen molar-refractivity contribution >= 4 is 17.9 Å². The van der Waals surface area contributed by atoms with Crippen LogP contribution in [0.4, 0.5) is 17.6 Å². The lowest BCUT2D eigenvalue weighted by atomic mass is 10.0. The van der Waals surface area contributed by atoms with Crippen molar-refractivity contribution in [1.82, 2.24) is 0 Å². The molecule has 0 saturated carbocycles. The Bertz CT molecular complexity index is 1160. The van der Waals surface area contributed by atoms with E-state index in [2.05, 4.69) is 17.9 Å². The van der Waals surface area contributed by atoms with Crippen LogP contribution in [0.2, 0.25) is 0 Å². The molecule has 0 spiro atoms. The molecule has 0 aliphatic carbocycles. The molecule has 2 rings (SSSR count). The highest BCUT2D eigenvalue weighted by molar-refractivity contribution is 5.89. The fourth-order valence-electron chi connectivity index (χ4n) is 2.35. The molecular weight excluding hydrogens is 448 g/mol. The average Bonchev–Trinajstić information content (AvgIpc) is 2.75. The number of rotatable bonds is 8. The summed E-state index contributed by atoms with van der Waals surface area (Å²) in [6.07, 6.45) is -0.452. The first-order chi connectivity index (χ1) is 15.4. The van der Waals surface area contributed by atoms with Crippen LogP contribution in [0.5, 0.6) is 11.5 Å². The lowest BCUT2D eigenvalue weighted by Crippen LogP contribution is -2.15. The third-order valence-electron chi connectivity index (χ3n) is 4.05. The fourth-order valence-corrected chi connectivity index (χ4v) is 2.35. The molecule has 174 valence electrons. The maximum Gasteiger partial charge on any atom is 0.338 e. The first-order valence-electron chi connectivity index (χ1n) is 9.31. The van der Waals surface area contributed by atoms with E-state index in [1.807, 2.05) is 0 Å². The number of carbonyl (C=O) groups excluding carboxylic acids is 3. The van der Waals surface area contributed by atoms with E-state index in [4.69, 9.17) is 9.47 Å². The van der Waals surface area contributed by atoms with Crippen molar-refractivity contribution in [2.24, 2.45) is 0 Å². The zero-order valence-electron chi connectivity index (χ0n) is 17.6. The maximum atomic E-state index is 14.5. The van der Waals surface area contributed by atoms with E-state index in [0.717, 1.165) is 24.3 Å². The molecule has 0 bridgehead atoms. The molecule has 6 nitrogen and oxygen atoms in total. The molecule has 0 heterocycles. The first kappa shape index (κ1) is 25.3. The van der Waals surface area contributed by atoms with E-state index in [9.17, 15) is 31.9 Å². The van der Waals surface area contributed by atoms with Crippen molar-refractivity contribution in [2.45, 2.75) is 20.3 Å². The van der Waals surface area contributed by atoms with E-state index in [0.29, 0.717) is 0 Å². The number of halogens is 4. The highest BCUT2D eigenvalue weighted by Crippen LogP contribution is 2.34. The normalized spacial score (nSPS) is 10.4. The molecule has 0 aliphatic rings. The van der Waals surface area contributed by atoms with Crippen molar-refractivity contribution in [3.8, 4) is 22.6 Å². The third-order valence-corrected chi connectivity index (χ3v) is 4.05. The van der Waals surface area contributed by atoms with Crippen molar-refractivity contribution in [2.75, 3.05) is 6.61 Å². The van der Waals surface area contributed by atoms with Gasteiger partial charge in [0.15, 0.2) is 23.1 Å². The molecular formula is C23H18F4O6. The Morgan fingerprint density at radius 2 is 1.18 bits per heavy atom. The number of benzene rings is 2. The fraction of sp³-hybridized carbons (Fsp3) is 0.174. The second-order valence-corrected chi connectivity index (χ2v) is 6.79. The number of hydrogen-bond acceptors (Lipinski definition) is 6. The van der Waals surface area contributed by atoms with Crippen LogP contribution < -0.4 is 9.47 Å². The van der Waals surface area contributed by atoms with Gasteiger partial charge in [-0.25, -0.2) is 18.4 Å². The average molecular weight is 466 g/mol. The first-order valence-corrected chi connectivity index (χ1v) is 9.31. The van der Waals surface area contributed by atoms with Gasteiger partial charge in [-0.05, 0) is 38.1 Å². The summed E-state index contributed by atoms with van der Waals surface area (Å²) < 4.78 is 71.7. The minimum atomic E-state index is -1.63. The summed E-state index contributed by atoms with van der Waals surface area (Å²) in [5.74, 6) is -10.8. The van der Waals surface area contributed by atoms with E-state index in [1.165, 1.54) is 13.8 Å². The SMILES string of the molecule is C=C(C)C(=O)OCCC(=O)Oc1ccc(-c2ccc(OC(=O)C(=C)C)c(F)c2F)c(F)c1F. The highest BCUT2D eigenvalue weighted by Gasteiger charge is 2.23. The number of carbonyl (C=O) groups is 3. The van der Waals surface area contributed by atoms with Gasteiger partial charge in [0.2, 0.25) is 11.6 Å². The maximum absolute atomic E-state index is 14.5. The molecule has 2 aromatic rings. The van der Waals surface area contributed by atoms with Crippen LogP contribution in [0.1, 0.15) is 20.3 Å². The predicted molar refractivity (Wildman–Crippen MR) is 108 cm³/mol. The Morgan fingerprint density at radius 1 is 0.727 bits per heavy atom. The topological polar surface area (TPSA) is 78.9 Å². The lowest BCUT2D eigenvalue weighted by Gasteiger charge is -2.12. The van der Waals surface area contributed by atoms with Gasteiger partial charge >= 0.3 is 17.9 Å². The minimum absolute atomic E-state index is 0.0638. The Hall–Kier alpha value is -3.95. The summed E-state index contributed by atoms with van der Waals surface area (Å²) >= 11 is 0. The molecule has 0 N–H and O–H groups in total. The third kappa shape index (κ3) is 6.06. The van der Waals surface area contributed by atoms with Crippen LogP contribution in [0.3, 0.4) is 0 Å². The molecule has 0 radical (unpaired) electrons. The Balaban J connectivity index is 2.21. The largest absolute Gasteiger partial charge is 0.462 e. The molecule has 0 aromatic heterocycles. The van der Waals surface area contributed by atoms with Gasteiger partial charge in [-0.2, -0.15) is 8.78 Å². The van der Waals surface area contributed by atoms with E-state index in [-0.39, 0.29) is 17.8 Å². The second kappa shape index (κ2) is 10.6. The predicted octanol–water partition coefficient (Wildman–Crippen LogP) is 4.81. The molecule has 0 saturated heterocycles. The van der Waals surface area contributed by atoms with Crippen molar-refractivity contribution < 1.29 is 46.2 Å². The monoisotopic (exact) mass is 466 g/mol. The van der Waals surface area contributed by atoms with Gasteiger partial charge in [0, 0.05) is 22.3 Å². The van der Waals surface area contributed by atoms with Gasteiger partial charge in [-0.15, -0.1) is 0 Å². The molecule has 0 fully saturated rings. The smallest absolute Gasteiger partial charge is 0.338 e. The van der Waals surface area contributed by atoms with Crippen LogP contribution in [-0.4, -0.2) is 24.5 Å². The lowest BCUT2D eigenvalue weighted by molar-refractivity contribution is -0.142. The molecule has 0 amide bonds. The van der Waals surface area contributed by atoms with Crippen LogP contribution in [-0.2, 0) is 19.1 Å². The molecule has 0 aliphatic heterocycles. The Labute approximate surface area is 186 Å². The summed E-state index contributed by atoms with van der Waals surface area (Å²) in [7, 11) is 0. The van der Waals surface area contributed by atoms with Crippen molar-refractivity contribution in [1.29, 1.82) is 0 Å². The number of ether oxygens (including phenoxy) is 3. The van der Waals surface area contributed by atoms with Crippen LogP contribution in [0, 0.1) is 23.3 Å². The van der Waals surface area contributed by atoms with E-state index >= 15 is 0 Å². The Kier molecular flexibility index (Phi) is 8.11. The summed E-state index contributed by atoms with van der Waals surface area (Å²) in [4.78, 5) is 34.5. The van der Waals surface area contributed by atoms with Gasteiger partial charge in [0.25, 0.3) is 0 Å². The molecule has 10 heteroatoms. The molecule has 0 unspecified atom stereocenters. The van der Waals surface area contributed by atoms with Gasteiger partial charge in [-0.3, -0.25) is 4.79 Å². The van der Waals surface area contributed by atoms with Crippen LogP contribution in [0.25, 0.3) is 11.1 Å². The zero-order chi connectivity index (χ0) is 24.9. The second-order valence-electron chi connectivity index (χ2n) is 6.79. The zero-order valence-corrected chi connectivity index (χ0v) is 17.6. The van der Waals surface area contributed by atoms with Gasteiger partial charge in [-0.1, -0.05) is 13.2 Å². The molecule has 2 aromatic carbocycles. The van der Waals surface area contributed by atoms with Crippen molar-refractivity contribution in [3.63, 3.8) is 0 Å². The summed E-state index contributed by atoms with van der Waals surface area (Å²) in [6, 6.07) is 3.47. The number of hydrogen-bond donors (Lipinski definition) is 0. The van der Waals surface area contributed by atoms with Gasteiger partial charge in [0.1, 0.15) is 6.61 Å². The van der Waals surface area contributed by atoms with E-state index in [1.54, 1.807) is 0 Å². The minimum Gasteiger partial charge on any atom is -0.462 e. The summed E-state index contributed by atoms with van der Waals surface area (Å²) in [6.45, 7) is 8.98.